The molecule has 0 nitrogen and oxygen atoms in total. The van der Waals surface area contributed by atoms with E-state index in [0.717, 1.165) is 12.8 Å². The molecule has 0 heterocycles. The van der Waals surface area contributed by atoms with Crippen molar-refractivity contribution in [2.24, 2.45) is 11.8 Å². The third kappa shape index (κ3) is 6.74. The zero-order chi connectivity index (χ0) is 41.3. The number of fused-ring (bicyclic) bond motifs is 9. The van der Waals surface area contributed by atoms with E-state index in [0.29, 0.717) is 11.8 Å². The van der Waals surface area contributed by atoms with Crippen LogP contribution in [0.3, 0.4) is 0 Å². The molecular formula is C61H50. The molecule has 0 radical (unpaired) electrons. The van der Waals surface area contributed by atoms with Gasteiger partial charge in [-0.05, 0) is 125 Å². The van der Waals surface area contributed by atoms with Gasteiger partial charge in [-0.15, -0.1) is 0 Å². The van der Waals surface area contributed by atoms with Gasteiger partial charge in [-0.2, -0.15) is 0 Å². The van der Waals surface area contributed by atoms with Gasteiger partial charge in [0.1, 0.15) is 0 Å². The Kier molecular flexibility index (Phi) is 10.1. The van der Waals surface area contributed by atoms with E-state index in [9.17, 15) is 0 Å². The smallest absolute Gasteiger partial charge is 0.0691 e. The fourth-order valence-electron chi connectivity index (χ4n) is 10.3. The second kappa shape index (κ2) is 16.2. The summed E-state index contributed by atoms with van der Waals surface area (Å²) < 4.78 is 0. The number of benzene rings is 7. The first kappa shape index (κ1) is 38.2. The number of rotatable bonds is 11. The van der Waals surface area contributed by atoms with Gasteiger partial charge in [0.15, 0.2) is 0 Å². The Morgan fingerprint density at radius 2 is 1.16 bits per heavy atom. The first-order valence-corrected chi connectivity index (χ1v) is 21.8. The lowest BCUT2D eigenvalue weighted by molar-refractivity contribution is 0.464. The lowest BCUT2D eigenvalue weighted by atomic mass is 9.68. The summed E-state index contributed by atoms with van der Waals surface area (Å²) in [5, 5.41) is 0. The van der Waals surface area contributed by atoms with Crippen LogP contribution in [0.4, 0.5) is 0 Å². The number of hydrogen-bond acceptors (Lipinski definition) is 0. The van der Waals surface area contributed by atoms with E-state index in [-0.39, 0.29) is 5.41 Å². The number of allylic oxidation sites excluding steroid dienone is 9. The van der Waals surface area contributed by atoms with Crippen LogP contribution in [0.25, 0.3) is 45.0 Å². The summed E-state index contributed by atoms with van der Waals surface area (Å²) in [6.07, 6.45) is 17.3. The highest BCUT2D eigenvalue weighted by Gasteiger charge is 2.53. The molecule has 294 valence electrons. The van der Waals surface area contributed by atoms with Gasteiger partial charge < -0.3 is 0 Å². The van der Waals surface area contributed by atoms with Crippen molar-refractivity contribution in [3.63, 3.8) is 0 Å². The van der Waals surface area contributed by atoms with Crippen LogP contribution < -0.4 is 0 Å². The SMILES string of the molecule is C=C/C=C\C=Cc1cc(/C(=C/C(Cc2ccc(-c3ccccc3)cc2)C(C)C)c2ccccc2)ccc1C1=CC2=C(C1)C1(c3ccccc32)c2ccccc2-c2ccccc21. The van der Waals surface area contributed by atoms with Crippen molar-refractivity contribution in [3.05, 3.63) is 275 Å². The zero-order valence-corrected chi connectivity index (χ0v) is 35.1. The standard InChI is InChI=1S/C61H50/c1-4-5-6-9-24-47-38-48(55(46-22-12-8-13-23-46)39-49(42(2)3)37-43-31-33-45(34-32-43)44-20-10-7-11-21-44)35-36-51(47)50-40-56-54-27-16-19-30-59(54)61(60(56)41-50)57-28-17-14-25-52(57)53-26-15-18-29-58(53)61/h4-36,38-40,42,49H,1,37,41H2,2-3H3/b6-5-,24-9?,55-39+. The van der Waals surface area contributed by atoms with Gasteiger partial charge in [-0.25, -0.2) is 0 Å². The second-order valence-corrected chi connectivity index (χ2v) is 17.0. The van der Waals surface area contributed by atoms with Crippen LogP contribution in [0.2, 0.25) is 0 Å². The molecule has 0 bridgehead atoms. The average molecular weight is 783 g/mol. The second-order valence-electron chi connectivity index (χ2n) is 17.0. The molecule has 1 atom stereocenters. The fraction of sp³-hybridized carbons (Fsp3) is 0.115. The van der Waals surface area contributed by atoms with Crippen molar-refractivity contribution in [2.45, 2.75) is 32.1 Å². The third-order valence-corrected chi connectivity index (χ3v) is 13.2. The zero-order valence-electron chi connectivity index (χ0n) is 35.1. The molecule has 0 aromatic heterocycles. The van der Waals surface area contributed by atoms with Gasteiger partial charge in [0.25, 0.3) is 0 Å². The summed E-state index contributed by atoms with van der Waals surface area (Å²) in [5.74, 6) is 0.790. The Hall–Kier alpha value is -7.02. The monoisotopic (exact) mass is 782 g/mol. The maximum Gasteiger partial charge on any atom is 0.0691 e. The maximum atomic E-state index is 3.92. The Balaban J connectivity index is 1.06. The molecule has 61 heavy (non-hydrogen) atoms. The van der Waals surface area contributed by atoms with Gasteiger partial charge in [-0.1, -0.05) is 233 Å². The molecular weight excluding hydrogens is 733 g/mol. The molecule has 1 spiro atoms. The van der Waals surface area contributed by atoms with E-state index in [1.54, 1.807) is 0 Å². The molecule has 3 aliphatic carbocycles. The molecule has 0 fully saturated rings. The molecule has 0 saturated carbocycles. The summed E-state index contributed by atoms with van der Waals surface area (Å²) in [6.45, 7) is 8.64. The highest BCUT2D eigenvalue weighted by atomic mass is 14.5. The van der Waals surface area contributed by atoms with Crippen molar-refractivity contribution in [1.29, 1.82) is 0 Å². The van der Waals surface area contributed by atoms with Gasteiger partial charge in [0, 0.05) is 0 Å². The van der Waals surface area contributed by atoms with Crippen molar-refractivity contribution in [2.75, 3.05) is 0 Å². The molecule has 10 rings (SSSR count). The molecule has 0 amide bonds. The predicted octanol–water partition coefficient (Wildman–Crippen LogP) is 15.6. The van der Waals surface area contributed by atoms with E-state index in [4.69, 9.17) is 0 Å². The van der Waals surface area contributed by atoms with E-state index in [1.807, 2.05) is 12.2 Å². The highest BCUT2D eigenvalue weighted by Crippen LogP contribution is 2.65. The molecule has 0 N–H and O–H groups in total. The highest BCUT2D eigenvalue weighted by molar-refractivity contribution is 6.03. The molecule has 0 saturated heterocycles. The Morgan fingerprint density at radius 3 is 1.82 bits per heavy atom. The topological polar surface area (TPSA) is 0 Å². The normalized spacial score (nSPS) is 15.3. The van der Waals surface area contributed by atoms with E-state index in [1.165, 1.54) is 94.6 Å². The van der Waals surface area contributed by atoms with Crippen LogP contribution in [-0.4, -0.2) is 0 Å². The van der Waals surface area contributed by atoms with Crippen LogP contribution >= 0.6 is 0 Å². The maximum absolute atomic E-state index is 3.92. The summed E-state index contributed by atoms with van der Waals surface area (Å²) in [7, 11) is 0. The van der Waals surface area contributed by atoms with E-state index < -0.39 is 0 Å². The predicted molar refractivity (Wildman–Crippen MR) is 260 cm³/mol. The third-order valence-electron chi connectivity index (χ3n) is 13.2. The van der Waals surface area contributed by atoms with Gasteiger partial charge >= 0.3 is 0 Å². The van der Waals surface area contributed by atoms with Gasteiger partial charge in [0.2, 0.25) is 0 Å². The minimum Gasteiger partial charge on any atom is -0.0991 e. The Morgan fingerprint density at radius 1 is 0.574 bits per heavy atom. The van der Waals surface area contributed by atoms with Crippen LogP contribution in [0.1, 0.15) is 70.3 Å². The minimum absolute atomic E-state index is 0.309. The lowest BCUT2D eigenvalue weighted by Crippen LogP contribution is -2.27. The molecule has 1 unspecified atom stereocenters. The van der Waals surface area contributed by atoms with Crippen LogP contribution in [0.5, 0.6) is 0 Å². The summed E-state index contributed by atoms with van der Waals surface area (Å²) in [5.41, 5.74) is 22.3. The first-order valence-electron chi connectivity index (χ1n) is 21.8. The summed E-state index contributed by atoms with van der Waals surface area (Å²) >= 11 is 0. The largest absolute Gasteiger partial charge is 0.0991 e. The molecule has 0 heteroatoms. The molecule has 7 aromatic carbocycles. The first-order chi connectivity index (χ1) is 30.0. The number of hydrogen-bond donors (Lipinski definition) is 0. The van der Waals surface area contributed by atoms with Gasteiger partial charge in [0.05, 0.1) is 5.41 Å². The van der Waals surface area contributed by atoms with Crippen molar-refractivity contribution in [3.8, 4) is 22.3 Å². The Bertz CT molecular complexity index is 2880. The van der Waals surface area contributed by atoms with Crippen molar-refractivity contribution < 1.29 is 0 Å². The van der Waals surface area contributed by atoms with Crippen molar-refractivity contribution in [1.82, 2.24) is 0 Å². The van der Waals surface area contributed by atoms with Crippen molar-refractivity contribution >= 4 is 22.8 Å². The average Bonchev–Trinajstić information content (AvgIpc) is 3.96. The lowest BCUT2D eigenvalue weighted by Gasteiger charge is -2.32. The van der Waals surface area contributed by atoms with Crippen LogP contribution in [-0.2, 0) is 11.8 Å². The molecule has 0 aliphatic heterocycles. The van der Waals surface area contributed by atoms with E-state index in [2.05, 4.69) is 227 Å². The van der Waals surface area contributed by atoms with Gasteiger partial charge in [-0.3, -0.25) is 0 Å². The quantitative estimate of drug-likeness (QED) is 0.115. The summed E-state index contributed by atoms with van der Waals surface area (Å²) in [6, 6.07) is 65.3. The molecule has 3 aliphatic rings. The molecule has 7 aromatic rings. The Labute approximate surface area is 362 Å². The fourth-order valence-corrected chi connectivity index (χ4v) is 10.3. The van der Waals surface area contributed by atoms with E-state index >= 15 is 0 Å². The summed E-state index contributed by atoms with van der Waals surface area (Å²) in [4.78, 5) is 0. The van der Waals surface area contributed by atoms with Crippen LogP contribution in [0, 0.1) is 11.8 Å². The van der Waals surface area contributed by atoms with Crippen LogP contribution in [0.15, 0.2) is 225 Å². The minimum atomic E-state index is -0.309.